The minimum absolute atomic E-state index is 0.0188. The number of aromatic nitrogens is 1. The maximum Gasteiger partial charge on any atom is 0.249 e. The topological polar surface area (TPSA) is 66.5 Å². The maximum atomic E-state index is 13.5. The highest BCUT2D eigenvalue weighted by molar-refractivity contribution is 6.31. The number of hydrogen-bond donors (Lipinski definition) is 2. The van der Waals surface area contributed by atoms with E-state index >= 15 is 0 Å². The number of piperidine rings is 1. The van der Waals surface area contributed by atoms with E-state index < -0.39 is 5.82 Å². The Hall–Kier alpha value is -3.32. The summed E-state index contributed by atoms with van der Waals surface area (Å²) in [4.78, 5) is 19.1. The van der Waals surface area contributed by atoms with Crippen LogP contribution in [0.25, 0.3) is 10.8 Å². The summed E-state index contributed by atoms with van der Waals surface area (Å²) in [6, 6.07) is 9.86. The lowest BCUT2D eigenvalue weighted by molar-refractivity contribution is -0.112. The van der Waals surface area contributed by atoms with Gasteiger partial charge in [0.2, 0.25) is 5.91 Å². The largest absolute Gasteiger partial charge is 0.495 e. The molecule has 1 saturated heterocycles. The number of pyridine rings is 1. The molecule has 1 aromatic heterocycles. The van der Waals surface area contributed by atoms with Crippen LogP contribution in [0.4, 0.5) is 21.6 Å². The van der Waals surface area contributed by atoms with Crippen LogP contribution in [0.5, 0.6) is 5.75 Å². The quantitative estimate of drug-likeness (QED) is 0.466. The van der Waals surface area contributed by atoms with Gasteiger partial charge >= 0.3 is 0 Å². The van der Waals surface area contributed by atoms with E-state index in [-0.39, 0.29) is 10.9 Å². The number of carbonyl (C=O) groups is 1. The molecule has 32 heavy (non-hydrogen) atoms. The molecule has 0 bridgehead atoms. The molecule has 0 aliphatic carbocycles. The minimum atomic E-state index is -0.490. The van der Waals surface area contributed by atoms with Crippen LogP contribution in [0.15, 0.2) is 54.9 Å². The smallest absolute Gasteiger partial charge is 0.249 e. The van der Waals surface area contributed by atoms with E-state index in [0.29, 0.717) is 22.9 Å². The molecule has 0 saturated carbocycles. The third kappa shape index (κ3) is 5.11. The van der Waals surface area contributed by atoms with Crippen molar-refractivity contribution in [2.45, 2.75) is 19.3 Å². The van der Waals surface area contributed by atoms with Gasteiger partial charge in [-0.15, -0.1) is 0 Å². The van der Waals surface area contributed by atoms with E-state index in [1.807, 2.05) is 18.3 Å². The summed E-state index contributed by atoms with van der Waals surface area (Å²) < 4.78 is 19.0. The molecule has 0 radical (unpaired) electrons. The number of hydrogen-bond acceptors (Lipinski definition) is 5. The van der Waals surface area contributed by atoms with Crippen molar-refractivity contribution >= 4 is 45.5 Å². The van der Waals surface area contributed by atoms with Gasteiger partial charge in [0.1, 0.15) is 17.4 Å². The first-order chi connectivity index (χ1) is 15.5. The number of benzene rings is 2. The lowest BCUT2D eigenvalue weighted by Gasteiger charge is -2.24. The predicted octanol–water partition coefficient (Wildman–Crippen LogP) is 5.72. The monoisotopic (exact) mass is 454 g/mol. The van der Waals surface area contributed by atoms with Crippen molar-refractivity contribution in [1.29, 1.82) is 0 Å². The number of methoxy groups -OCH3 is 1. The molecule has 0 unspecified atom stereocenters. The molecular formula is C24H24ClFN4O2. The molecule has 0 atom stereocenters. The number of anilines is 3. The molecule has 1 aliphatic heterocycles. The second-order valence-electron chi connectivity index (χ2n) is 7.59. The number of nitrogens with zero attached hydrogens (tertiary/aromatic N) is 2. The van der Waals surface area contributed by atoms with Gasteiger partial charge in [-0.2, -0.15) is 0 Å². The highest BCUT2D eigenvalue weighted by atomic mass is 35.5. The van der Waals surface area contributed by atoms with Gasteiger partial charge in [-0.3, -0.25) is 4.79 Å². The lowest BCUT2D eigenvalue weighted by Crippen LogP contribution is -2.24. The Kier molecular flexibility index (Phi) is 6.75. The summed E-state index contributed by atoms with van der Waals surface area (Å²) in [6.07, 6.45) is 8.57. The van der Waals surface area contributed by atoms with Crippen molar-refractivity contribution in [2.24, 2.45) is 0 Å². The van der Waals surface area contributed by atoms with Crippen molar-refractivity contribution in [3.63, 3.8) is 0 Å². The molecule has 1 fully saturated rings. The van der Waals surface area contributed by atoms with Gasteiger partial charge in [0, 0.05) is 42.6 Å². The lowest BCUT2D eigenvalue weighted by atomic mass is 10.1. The summed E-state index contributed by atoms with van der Waals surface area (Å²) in [6.45, 7) is 1.94. The number of carbonyl (C=O) groups excluding carboxylic acids is 1. The number of halogens is 2. The van der Waals surface area contributed by atoms with Gasteiger partial charge in [-0.05, 0) is 61.0 Å². The van der Waals surface area contributed by atoms with Crippen LogP contribution in [0.2, 0.25) is 5.02 Å². The molecule has 166 valence electrons. The number of fused-ring (bicyclic) bond motifs is 1. The summed E-state index contributed by atoms with van der Waals surface area (Å²) >= 11 is 5.90. The van der Waals surface area contributed by atoms with Gasteiger partial charge < -0.3 is 20.3 Å². The first kappa shape index (κ1) is 21.9. The molecule has 6 nitrogen and oxygen atoms in total. The van der Waals surface area contributed by atoms with Gasteiger partial charge in [0.15, 0.2) is 0 Å². The van der Waals surface area contributed by atoms with Gasteiger partial charge in [0.25, 0.3) is 0 Å². The fourth-order valence-electron chi connectivity index (χ4n) is 3.69. The fourth-order valence-corrected chi connectivity index (χ4v) is 3.87. The minimum Gasteiger partial charge on any atom is -0.495 e. The Morgan fingerprint density at radius 1 is 1.19 bits per heavy atom. The van der Waals surface area contributed by atoms with Gasteiger partial charge in [0.05, 0.1) is 17.8 Å². The molecule has 2 heterocycles. The second-order valence-corrected chi connectivity index (χ2v) is 8.00. The van der Waals surface area contributed by atoms with Crippen molar-refractivity contribution in [3.8, 4) is 5.75 Å². The fraction of sp³-hybridized carbons (Fsp3) is 0.250. The van der Waals surface area contributed by atoms with Gasteiger partial charge in [-0.1, -0.05) is 11.6 Å². The average molecular weight is 455 g/mol. The van der Waals surface area contributed by atoms with E-state index in [1.54, 1.807) is 25.4 Å². The average Bonchev–Trinajstić information content (AvgIpc) is 2.81. The van der Waals surface area contributed by atoms with Crippen molar-refractivity contribution in [3.05, 3.63) is 65.7 Å². The van der Waals surface area contributed by atoms with Crippen molar-refractivity contribution in [1.82, 2.24) is 9.88 Å². The summed E-state index contributed by atoms with van der Waals surface area (Å²) in [7, 11) is 1.56. The van der Waals surface area contributed by atoms with E-state index in [1.165, 1.54) is 24.6 Å². The van der Waals surface area contributed by atoms with E-state index in [0.717, 1.165) is 36.7 Å². The zero-order valence-corrected chi connectivity index (χ0v) is 18.5. The Morgan fingerprint density at radius 3 is 2.75 bits per heavy atom. The molecular weight excluding hydrogens is 431 g/mol. The van der Waals surface area contributed by atoms with Crippen molar-refractivity contribution in [2.75, 3.05) is 30.8 Å². The molecule has 0 spiro atoms. The summed E-state index contributed by atoms with van der Waals surface area (Å²) in [5, 5.41) is 7.72. The number of rotatable bonds is 6. The molecule has 1 amide bonds. The molecule has 8 heteroatoms. The molecule has 1 aliphatic rings. The molecule has 2 N–H and O–H groups in total. The van der Waals surface area contributed by atoms with Crippen LogP contribution in [0.1, 0.15) is 19.3 Å². The summed E-state index contributed by atoms with van der Waals surface area (Å²) in [5.41, 5.74) is 1.13. The predicted molar refractivity (Wildman–Crippen MR) is 126 cm³/mol. The number of ether oxygens (including phenoxy) is 1. The zero-order valence-electron chi connectivity index (χ0n) is 17.7. The highest BCUT2D eigenvalue weighted by Gasteiger charge is 2.13. The van der Waals surface area contributed by atoms with Crippen LogP contribution < -0.4 is 15.4 Å². The van der Waals surface area contributed by atoms with Crippen LogP contribution in [0, 0.1) is 5.82 Å². The Balaban J connectivity index is 1.60. The second kappa shape index (κ2) is 9.87. The third-order valence-electron chi connectivity index (χ3n) is 5.35. The van der Waals surface area contributed by atoms with E-state index in [4.69, 9.17) is 16.3 Å². The van der Waals surface area contributed by atoms with Crippen LogP contribution in [-0.2, 0) is 4.79 Å². The van der Waals surface area contributed by atoms with E-state index in [9.17, 15) is 9.18 Å². The number of amides is 1. The maximum absolute atomic E-state index is 13.5. The first-order valence-corrected chi connectivity index (χ1v) is 10.8. The van der Waals surface area contributed by atoms with Crippen LogP contribution in [-0.4, -0.2) is 36.0 Å². The molecule has 3 aromatic rings. The Labute approximate surface area is 191 Å². The Bertz CT molecular complexity index is 1160. The summed E-state index contributed by atoms with van der Waals surface area (Å²) in [5.74, 6) is 0.360. The zero-order chi connectivity index (χ0) is 22.5. The molecule has 2 aromatic carbocycles. The number of nitrogens with one attached hydrogen (secondary N) is 2. The number of likely N-dealkylation sites (tertiary alicyclic amines) is 1. The van der Waals surface area contributed by atoms with Crippen LogP contribution in [0.3, 0.4) is 0 Å². The van der Waals surface area contributed by atoms with E-state index in [2.05, 4.69) is 20.5 Å². The first-order valence-electron chi connectivity index (χ1n) is 10.5. The normalized spacial score (nSPS) is 14.0. The van der Waals surface area contributed by atoms with Crippen LogP contribution >= 0.6 is 11.6 Å². The van der Waals surface area contributed by atoms with Gasteiger partial charge in [-0.25, -0.2) is 9.37 Å². The molecule has 4 rings (SSSR count). The third-order valence-corrected chi connectivity index (χ3v) is 5.64. The standard InChI is InChI=1S/C24H24ClFN4O2/c1-32-22-13-16-7-9-27-24(28-17-5-6-20(26)19(25)14-17)18(16)15-21(22)29-23(31)8-12-30-10-3-2-4-11-30/h5-9,12-15H,2-4,10-11H2,1H3,(H,27,28)(H,29,31). The highest BCUT2D eigenvalue weighted by Crippen LogP contribution is 2.34. The van der Waals surface area contributed by atoms with Crippen molar-refractivity contribution < 1.29 is 13.9 Å². The SMILES string of the molecule is COc1cc2ccnc(Nc3ccc(F)c(Cl)c3)c2cc1NC(=O)C=CN1CCCCC1. The Morgan fingerprint density at radius 2 is 2.00 bits per heavy atom.